The molecule has 0 spiro atoms. The van der Waals surface area contributed by atoms with E-state index in [4.69, 9.17) is 0 Å². The van der Waals surface area contributed by atoms with Gasteiger partial charge >= 0.3 is 0 Å². The average Bonchev–Trinajstić information content (AvgIpc) is 3.23. The third kappa shape index (κ3) is 2.58. The monoisotopic (exact) mass is 325 g/mol. The zero-order valence-electron chi connectivity index (χ0n) is 12.9. The highest BCUT2D eigenvalue weighted by atomic mass is 19.1. The fourth-order valence-electron chi connectivity index (χ4n) is 3.06. The maximum Gasteiger partial charge on any atom is 0.254 e. The minimum absolute atomic E-state index is 0.0316. The normalized spacial score (nSPS) is 17.4. The highest BCUT2D eigenvalue weighted by molar-refractivity contribution is 5.94. The highest BCUT2D eigenvalue weighted by Crippen LogP contribution is 2.20. The topological polar surface area (TPSA) is 62.5 Å². The number of nitrogens with one attached hydrogen (secondary N) is 1. The molecule has 24 heavy (non-hydrogen) atoms. The number of aromatic nitrogens is 3. The van der Waals surface area contributed by atoms with Gasteiger partial charge in [0.25, 0.3) is 5.91 Å². The second-order valence-electron chi connectivity index (χ2n) is 5.79. The van der Waals surface area contributed by atoms with Crippen molar-refractivity contribution in [2.24, 2.45) is 0 Å². The van der Waals surface area contributed by atoms with Crippen LogP contribution < -0.4 is 10.2 Å². The van der Waals surface area contributed by atoms with Gasteiger partial charge in [-0.1, -0.05) is 12.1 Å². The third-order valence-electron chi connectivity index (χ3n) is 4.24. The van der Waals surface area contributed by atoms with Crippen LogP contribution in [-0.4, -0.2) is 39.6 Å². The van der Waals surface area contributed by atoms with Crippen molar-refractivity contribution >= 4 is 17.4 Å². The van der Waals surface area contributed by atoms with Crippen molar-refractivity contribution in [1.82, 2.24) is 19.9 Å². The van der Waals surface area contributed by atoms with E-state index in [0.29, 0.717) is 6.54 Å². The zero-order valence-corrected chi connectivity index (χ0v) is 12.9. The molecule has 1 atom stereocenters. The van der Waals surface area contributed by atoms with Gasteiger partial charge in [0.15, 0.2) is 5.65 Å². The summed E-state index contributed by atoms with van der Waals surface area (Å²) in [5.41, 5.74) is 0.862. The van der Waals surface area contributed by atoms with Gasteiger partial charge in [0.2, 0.25) is 0 Å². The van der Waals surface area contributed by atoms with E-state index in [1.807, 2.05) is 12.1 Å². The van der Waals surface area contributed by atoms with Crippen LogP contribution in [0.3, 0.4) is 0 Å². The molecule has 7 heteroatoms. The smallest absolute Gasteiger partial charge is 0.254 e. The molecule has 1 unspecified atom stereocenters. The molecule has 3 aromatic rings. The summed E-state index contributed by atoms with van der Waals surface area (Å²) in [7, 11) is 0. The molecule has 0 aliphatic carbocycles. The summed E-state index contributed by atoms with van der Waals surface area (Å²) >= 11 is 0. The molecule has 0 radical (unpaired) electrons. The molecule has 1 saturated heterocycles. The van der Waals surface area contributed by atoms with E-state index >= 15 is 0 Å². The zero-order chi connectivity index (χ0) is 16.5. The lowest BCUT2D eigenvalue weighted by molar-refractivity contribution is 0.0936. The molecule has 1 N–H and O–H groups in total. The third-order valence-corrected chi connectivity index (χ3v) is 4.24. The number of hydrogen-bond acceptors (Lipinski definition) is 4. The molecule has 1 aromatic carbocycles. The second kappa shape index (κ2) is 5.92. The van der Waals surface area contributed by atoms with E-state index in [1.165, 1.54) is 12.1 Å². The summed E-state index contributed by atoms with van der Waals surface area (Å²) in [6.45, 7) is 1.44. The van der Waals surface area contributed by atoms with Crippen LogP contribution in [0.25, 0.3) is 5.65 Å². The summed E-state index contributed by atoms with van der Waals surface area (Å²) in [5.74, 6) is 0.0591. The van der Waals surface area contributed by atoms with E-state index in [0.717, 1.165) is 24.4 Å². The van der Waals surface area contributed by atoms with E-state index < -0.39 is 5.82 Å². The van der Waals surface area contributed by atoms with Crippen molar-refractivity contribution in [3.63, 3.8) is 0 Å². The number of amides is 1. The average molecular weight is 325 g/mol. The summed E-state index contributed by atoms with van der Waals surface area (Å²) in [4.78, 5) is 18.6. The number of anilines is 1. The molecular weight excluding hydrogens is 309 g/mol. The quantitative estimate of drug-likeness (QED) is 0.799. The van der Waals surface area contributed by atoms with Crippen molar-refractivity contribution in [3.8, 4) is 0 Å². The van der Waals surface area contributed by atoms with Crippen molar-refractivity contribution in [1.29, 1.82) is 0 Å². The summed E-state index contributed by atoms with van der Waals surface area (Å²) in [5, 5.41) is 7.20. The number of fused-ring (bicyclic) bond motifs is 1. The molecule has 122 valence electrons. The van der Waals surface area contributed by atoms with Gasteiger partial charge in [-0.2, -0.15) is 9.61 Å². The minimum Gasteiger partial charge on any atom is -0.354 e. The van der Waals surface area contributed by atoms with Gasteiger partial charge < -0.3 is 10.2 Å². The van der Waals surface area contributed by atoms with Gasteiger partial charge in [0.1, 0.15) is 11.6 Å². The SMILES string of the molecule is O=C(NC1CCN(c2ccnc3ccnn23)C1)c1ccccc1F. The molecule has 6 nitrogen and oxygen atoms in total. The Morgan fingerprint density at radius 3 is 2.96 bits per heavy atom. The van der Waals surface area contributed by atoms with Gasteiger partial charge in [-0.3, -0.25) is 4.79 Å². The Morgan fingerprint density at radius 1 is 1.21 bits per heavy atom. The van der Waals surface area contributed by atoms with Gasteiger partial charge in [-0.05, 0) is 24.6 Å². The number of nitrogens with zero attached hydrogens (tertiary/aromatic N) is 4. The lowest BCUT2D eigenvalue weighted by Gasteiger charge is -2.19. The van der Waals surface area contributed by atoms with Crippen LogP contribution in [0.4, 0.5) is 10.2 Å². The Labute approximate surface area is 137 Å². The van der Waals surface area contributed by atoms with Crippen molar-refractivity contribution in [3.05, 3.63) is 60.2 Å². The molecule has 0 saturated carbocycles. The second-order valence-corrected chi connectivity index (χ2v) is 5.79. The number of hydrogen-bond donors (Lipinski definition) is 1. The molecule has 1 aliphatic rings. The first-order valence-corrected chi connectivity index (χ1v) is 7.81. The summed E-state index contributed by atoms with van der Waals surface area (Å²) in [6, 6.07) is 9.73. The molecule has 4 rings (SSSR count). The first kappa shape index (κ1) is 14.6. The maximum atomic E-state index is 13.7. The standard InChI is InChI=1S/C17H16FN5O/c18-14-4-2-1-3-13(14)17(24)21-12-7-10-22(11-12)16-6-8-19-15-5-9-20-23(15)16/h1-6,8-9,12H,7,10-11H2,(H,21,24). The summed E-state index contributed by atoms with van der Waals surface area (Å²) in [6.07, 6.45) is 4.25. The van der Waals surface area contributed by atoms with E-state index in [2.05, 4.69) is 20.3 Å². The first-order valence-electron chi connectivity index (χ1n) is 7.81. The van der Waals surface area contributed by atoms with Crippen LogP contribution in [0, 0.1) is 5.82 Å². The Balaban J connectivity index is 1.48. The van der Waals surface area contributed by atoms with Crippen molar-refractivity contribution < 1.29 is 9.18 Å². The van der Waals surface area contributed by atoms with E-state index in [1.54, 1.807) is 29.0 Å². The fourth-order valence-corrected chi connectivity index (χ4v) is 3.06. The molecular formula is C17H16FN5O. The first-order chi connectivity index (χ1) is 11.7. The lowest BCUT2D eigenvalue weighted by Crippen LogP contribution is -2.37. The fraction of sp³-hybridized carbons (Fsp3) is 0.235. The predicted molar refractivity (Wildman–Crippen MR) is 87.5 cm³/mol. The van der Waals surface area contributed by atoms with Crippen LogP contribution in [-0.2, 0) is 0 Å². The van der Waals surface area contributed by atoms with Gasteiger partial charge in [-0.15, -0.1) is 0 Å². The number of rotatable bonds is 3. The molecule has 0 bridgehead atoms. The Hall–Kier alpha value is -2.96. The predicted octanol–water partition coefficient (Wildman–Crippen LogP) is 1.88. The van der Waals surface area contributed by atoms with E-state index in [-0.39, 0.29) is 17.5 Å². The molecule has 1 fully saturated rings. The van der Waals surface area contributed by atoms with Crippen LogP contribution in [0.15, 0.2) is 48.8 Å². The lowest BCUT2D eigenvalue weighted by atomic mass is 10.1. The maximum absolute atomic E-state index is 13.7. The Bertz CT molecular complexity index is 893. The number of carbonyl (C=O) groups excluding carboxylic acids is 1. The number of carbonyl (C=O) groups is 1. The van der Waals surface area contributed by atoms with Gasteiger partial charge in [-0.25, -0.2) is 9.37 Å². The molecule has 1 aliphatic heterocycles. The molecule has 2 aromatic heterocycles. The van der Waals surface area contributed by atoms with Crippen LogP contribution in [0.5, 0.6) is 0 Å². The van der Waals surface area contributed by atoms with Gasteiger partial charge in [0, 0.05) is 31.4 Å². The van der Waals surface area contributed by atoms with E-state index in [9.17, 15) is 9.18 Å². The van der Waals surface area contributed by atoms with Crippen molar-refractivity contribution in [2.75, 3.05) is 18.0 Å². The summed E-state index contributed by atoms with van der Waals surface area (Å²) < 4.78 is 15.5. The van der Waals surface area contributed by atoms with Crippen LogP contribution >= 0.6 is 0 Å². The van der Waals surface area contributed by atoms with Crippen molar-refractivity contribution in [2.45, 2.75) is 12.5 Å². The van der Waals surface area contributed by atoms with Crippen LogP contribution in [0.1, 0.15) is 16.8 Å². The Kier molecular flexibility index (Phi) is 3.60. The van der Waals surface area contributed by atoms with Gasteiger partial charge in [0.05, 0.1) is 11.8 Å². The van der Waals surface area contributed by atoms with Crippen LogP contribution in [0.2, 0.25) is 0 Å². The number of benzene rings is 1. The largest absolute Gasteiger partial charge is 0.354 e. The molecule has 3 heterocycles. The number of halogens is 1. The Morgan fingerprint density at radius 2 is 2.08 bits per heavy atom. The minimum atomic E-state index is -0.503. The molecule has 1 amide bonds. The highest BCUT2D eigenvalue weighted by Gasteiger charge is 2.26.